The highest BCUT2D eigenvalue weighted by molar-refractivity contribution is 5.94. The van der Waals surface area contributed by atoms with Crippen LogP contribution in [0.15, 0.2) is 5.16 Å². The van der Waals surface area contributed by atoms with E-state index in [0.717, 1.165) is 44.2 Å². The number of Topliss-reactive ketones (excluding diaryl/α,β-unsaturated/α-hetero) is 2. The van der Waals surface area contributed by atoms with Crippen LogP contribution in [0, 0.1) is 34.5 Å². The van der Waals surface area contributed by atoms with Crippen LogP contribution >= 0.6 is 0 Å². The first-order valence-electron chi connectivity index (χ1n) is 9.55. The Kier molecular flexibility index (Phi) is 3.67. The van der Waals surface area contributed by atoms with Crippen molar-refractivity contribution in [1.82, 2.24) is 0 Å². The molecule has 0 bridgehead atoms. The van der Waals surface area contributed by atoms with E-state index in [1.54, 1.807) is 7.11 Å². The molecule has 0 aromatic heterocycles. The molecule has 132 valence electrons. The molecule has 4 aliphatic carbocycles. The van der Waals surface area contributed by atoms with E-state index in [4.69, 9.17) is 4.84 Å². The summed E-state index contributed by atoms with van der Waals surface area (Å²) < 4.78 is 0. The molecule has 0 saturated heterocycles. The fraction of sp³-hybridized carbons (Fsp3) is 0.850. The minimum absolute atomic E-state index is 0.118. The largest absolute Gasteiger partial charge is 0.399 e. The average Bonchev–Trinajstić information content (AvgIpc) is 2.85. The van der Waals surface area contributed by atoms with Crippen molar-refractivity contribution >= 4 is 17.3 Å². The van der Waals surface area contributed by atoms with Gasteiger partial charge in [0, 0.05) is 30.6 Å². The Morgan fingerprint density at radius 3 is 2.58 bits per heavy atom. The van der Waals surface area contributed by atoms with Gasteiger partial charge in [0.1, 0.15) is 18.7 Å². The number of hydrogen-bond acceptors (Lipinski definition) is 4. The highest BCUT2D eigenvalue weighted by Gasteiger charge is 2.61. The monoisotopic (exact) mass is 331 g/mol. The molecule has 24 heavy (non-hydrogen) atoms. The predicted octanol–water partition coefficient (Wildman–Crippen LogP) is 3.78. The van der Waals surface area contributed by atoms with Crippen LogP contribution in [0.2, 0.25) is 0 Å². The molecule has 4 fully saturated rings. The quantitative estimate of drug-likeness (QED) is 0.687. The maximum absolute atomic E-state index is 12.5. The molecule has 0 aromatic carbocycles. The topological polar surface area (TPSA) is 55.7 Å². The van der Waals surface area contributed by atoms with Gasteiger partial charge in [0.25, 0.3) is 0 Å². The average molecular weight is 331 g/mol. The number of rotatable bonds is 1. The summed E-state index contributed by atoms with van der Waals surface area (Å²) in [6, 6.07) is 0. The second-order valence-corrected chi connectivity index (χ2v) is 9.07. The van der Waals surface area contributed by atoms with Gasteiger partial charge in [-0.05, 0) is 55.3 Å². The maximum atomic E-state index is 12.5. The van der Waals surface area contributed by atoms with E-state index in [1.165, 1.54) is 0 Å². The fourth-order valence-corrected chi connectivity index (χ4v) is 6.85. The van der Waals surface area contributed by atoms with Crippen molar-refractivity contribution in [1.29, 1.82) is 0 Å². The lowest BCUT2D eigenvalue weighted by atomic mass is 9.45. The first-order chi connectivity index (χ1) is 11.4. The lowest BCUT2D eigenvalue weighted by Crippen LogP contribution is -2.56. The van der Waals surface area contributed by atoms with Crippen LogP contribution in [0.1, 0.15) is 65.2 Å². The van der Waals surface area contributed by atoms with Gasteiger partial charge in [-0.1, -0.05) is 19.0 Å². The van der Waals surface area contributed by atoms with Crippen LogP contribution in [0.5, 0.6) is 0 Å². The van der Waals surface area contributed by atoms with Crippen LogP contribution < -0.4 is 0 Å². The van der Waals surface area contributed by atoms with Crippen LogP contribution in [0.3, 0.4) is 0 Å². The highest BCUT2D eigenvalue weighted by Crippen LogP contribution is 2.64. The molecule has 0 spiro atoms. The summed E-state index contributed by atoms with van der Waals surface area (Å²) in [7, 11) is 1.60. The zero-order chi connectivity index (χ0) is 17.1. The fourth-order valence-electron chi connectivity index (χ4n) is 6.85. The van der Waals surface area contributed by atoms with Gasteiger partial charge in [0.15, 0.2) is 0 Å². The third kappa shape index (κ3) is 2.07. The molecule has 4 heteroatoms. The first-order valence-corrected chi connectivity index (χ1v) is 9.55. The molecule has 4 rings (SSSR count). The molecule has 4 nitrogen and oxygen atoms in total. The Hall–Kier alpha value is -1.19. The van der Waals surface area contributed by atoms with Crippen LogP contribution in [-0.2, 0) is 14.4 Å². The van der Waals surface area contributed by atoms with E-state index < -0.39 is 0 Å². The number of carbonyl (C=O) groups excluding carboxylic acids is 2. The number of carbonyl (C=O) groups is 2. The Morgan fingerprint density at radius 1 is 1.04 bits per heavy atom. The summed E-state index contributed by atoms with van der Waals surface area (Å²) in [5, 5.41) is 4.37. The minimum Gasteiger partial charge on any atom is -0.399 e. The van der Waals surface area contributed by atoms with E-state index in [1.807, 2.05) is 0 Å². The van der Waals surface area contributed by atoms with Gasteiger partial charge in [-0.15, -0.1) is 0 Å². The van der Waals surface area contributed by atoms with Gasteiger partial charge < -0.3 is 4.84 Å². The van der Waals surface area contributed by atoms with Crippen LogP contribution in [-0.4, -0.2) is 24.4 Å². The summed E-state index contributed by atoms with van der Waals surface area (Å²) in [6.45, 7) is 4.58. The van der Waals surface area contributed by atoms with Crippen molar-refractivity contribution in [3.05, 3.63) is 0 Å². The summed E-state index contributed by atoms with van der Waals surface area (Å²) in [5.41, 5.74) is 1.10. The molecule has 0 aliphatic heterocycles. The lowest BCUT2D eigenvalue weighted by molar-refractivity contribution is -0.136. The van der Waals surface area contributed by atoms with Crippen molar-refractivity contribution in [2.75, 3.05) is 7.11 Å². The smallest absolute Gasteiger partial charge is 0.139 e. The Bertz CT molecular complexity index is 612. The van der Waals surface area contributed by atoms with E-state index in [-0.39, 0.29) is 16.7 Å². The summed E-state index contributed by atoms with van der Waals surface area (Å²) in [6.07, 6.45) is 7.17. The zero-order valence-corrected chi connectivity index (χ0v) is 15.1. The second-order valence-electron chi connectivity index (χ2n) is 9.07. The first kappa shape index (κ1) is 16.3. The summed E-state index contributed by atoms with van der Waals surface area (Å²) in [5.74, 6) is 2.72. The molecule has 0 amide bonds. The van der Waals surface area contributed by atoms with E-state index in [9.17, 15) is 9.59 Å². The Labute approximate surface area is 144 Å². The van der Waals surface area contributed by atoms with Crippen molar-refractivity contribution < 1.29 is 14.4 Å². The minimum atomic E-state index is -0.118. The summed E-state index contributed by atoms with van der Waals surface area (Å²) in [4.78, 5) is 29.8. The van der Waals surface area contributed by atoms with Crippen molar-refractivity contribution in [3.8, 4) is 0 Å². The highest BCUT2D eigenvalue weighted by atomic mass is 16.6. The zero-order valence-electron chi connectivity index (χ0n) is 15.1. The van der Waals surface area contributed by atoms with E-state index >= 15 is 0 Å². The molecular weight excluding hydrogens is 302 g/mol. The van der Waals surface area contributed by atoms with Gasteiger partial charge in [-0.25, -0.2) is 0 Å². The molecule has 0 heterocycles. The molecule has 1 unspecified atom stereocenters. The van der Waals surface area contributed by atoms with Gasteiger partial charge >= 0.3 is 0 Å². The lowest BCUT2D eigenvalue weighted by Gasteiger charge is -2.59. The number of hydrogen-bond donors (Lipinski definition) is 0. The molecule has 0 radical (unpaired) electrons. The van der Waals surface area contributed by atoms with Crippen LogP contribution in [0.4, 0.5) is 0 Å². The van der Waals surface area contributed by atoms with E-state index in [0.29, 0.717) is 42.2 Å². The SMILES string of the molecule is CO/N=C1/C[C@@H]2[C@H](CC[C@]3(C)C(=O)CC[C@@H]23)[C@@]2(C)CCC(=O)CC12. The standard InChI is InChI=1S/C20H29NO3/c1-19-8-6-12(22)10-16(19)17(21-24-3)11-13-14-4-5-18(23)20(14,2)9-7-15(13)19/h13-16H,4-11H2,1-3H3/b21-17-/t13-,14-,15-,16?,19+,20-/m0/s1. The maximum Gasteiger partial charge on any atom is 0.139 e. The number of fused-ring (bicyclic) bond motifs is 5. The number of nitrogens with zero attached hydrogens (tertiary/aromatic N) is 1. The van der Waals surface area contributed by atoms with Crippen molar-refractivity contribution in [2.24, 2.45) is 39.7 Å². The summed E-state index contributed by atoms with van der Waals surface area (Å²) >= 11 is 0. The molecule has 6 atom stereocenters. The third-order valence-corrected chi connectivity index (χ3v) is 8.22. The van der Waals surface area contributed by atoms with E-state index in [2.05, 4.69) is 19.0 Å². The molecular formula is C20H29NO3. The second kappa shape index (κ2) is 5.40. The third-order valence-electron chi connectivity index (χ3n) is 8.22. The van der Waals surface area contributed by atoms with Gasteiger partial charge in [0.05, 0.1) is 5.71 Å². The number of ketones is 2. The Morgan fingerprint density at radius 2 is 1.83 bits per heavy atom. The van der Waals surface area contributed by atoms with Crippen molar-refractivity contribution in [2.45, 2.75) is 65.2 Å². The van der Waals surface area contributed by atoms with Gasteiger partial charge in [-0.2, -0.15) is 0 Å². The van der Waals surface area contributed by atoms with Gasteiger partial charge in [0.2, 0.25) is 0 Å². The number of oxime groups is 1. The predicted molar refractivity (Wildman–Crippen MR) is 91.6 cm³/mol. The Balaban J connectivity index is 1.74. The molecule has 0 aromatic rings. The van der Waals surface area contributed by atoms with Gasteiger partial charge in [-0.3, -0.25) is 9.59 Å². The molecule has 0 N–H and O–H groups in total. The normalized spacial score (nSPS) is 49.5. The van der Waals surface area contributed by atoms with Crippen LogP contribution in [0.25, 0.3) is 0 Å². The molecule has 4 aliphatic rings. The molecule has 4 saturated carbocycles. The van der Waals surface area contributed by atoms with Crippen molar-refractivity contribution in [3.63, 3.8) is 0 Å².